The quantitative estimate of drug-likeness (QED) is 0.394. The van der Waals surface area contributed by atoms with Gasteiger partial charge in [-0.1, -0.05) is 11.8 Å². The highest BCUT2D eigenvalue weighted by Crippen LogP contribution is 2.31. The zero-order valence-corrected chi connectivity index (χ0v) is 17.9. The Bertz CT molecular complexity index is 1290. The van der Waals surface area contributed by atoms with Gasteiger partial charge >= 0.3 is 6.09 Å². The smallest absolute Gasteiger partial charge is 0.413 e. The van der Waals surface area contributed by atoms with Crippen LogP contribution in [0.25, 0.3) is 11.0 Å². The third-order valence-electron chi connectivity index (χ3n) is 3.88. The van der Waals surface area contributed by atoms with Crippen LogP contribution in [0.3, 0.4) is 0 Å². The largest absolute Gasteiger partial charge is 0.453 e. The SMILES string of the molecule is COC(=O)Nc1nc2ccc(Sc3ccc(S(=O)(=O)Nc4nccs4)cc3)cc2[nH]1. The highest BCUT2D eigenvalue weighted by Gasteiger charge is 2.15. The number of anilines is 2. The molecule has 0 saturated heterocycles. The Morgan fingerprint density at radius 2 is 1.93 bits per heavy atom. The zero-order valence-electron chi connectivity index (χ0n) is 15.4. The van der Waals surface area contributed by atoms with Crippen molar-refractivity contribution in [1.82, 2.24) is 15.0 Å². The second kappa shape index (κ2) is 8.34. The average Bonchev–Trinajstić information content (AvgIpc) is 3.36. The number of nitrogens with zero attached hydrogens (tertiary/aromatic N) is 2. The van der Waals surface area contributed by atoms with Crippen LogP contribution in [0, 0.1) is 0 Å². The topological polar surface area (TPSA) is 126 Å². The van der Waals surface area contributed by atoms with E-state index in [0.717, 1.165) is 15.3 Å². The van der Waals surface area contributed by atoms with Gasteiger partial charge in [0.05, 0.1) is 23.0 Å². The molecule has 0 spiro atoms. The molecule has 0 aliphatic carbocycles. The number of carbonyl (C=O) groups excluding carboxylic acids is 1. The van der Waals surface area contributed by atoms with Crippen molar-refractivity contribution < 1.29 is 17.9 Å². The number of ether oxygens (including phenoxy) is 1. The van der Waals surface area contributed by atoms with E-state index >= 15 is 0 Å². The second-order valence-electron chi connectivity index (χ2n) is 5.90. The summed E-state index contributed by atoms with van der Waals surface area (Å²) < 4.78 is 31.8. The summed E-state index contributed by atoms with van der Waals surface area (Å²) in [6.45, 7) is 0. The van der Waals surface area contributed by atoms with Crippen LogP contribution in [0.15, 0.2) is 68.7 Å². The number of methoxy groups -OCH3 is 1. The van der Waals surface area contributed by atoms with Crippen molar-refractivity contribution in [3.8, 4) is 0 Å². The number of sulfonamides is 1. The predicted molar refractivity (Wildman–Crippen MR) is 116 cm³/mol. The molecule has 4 aromatic rings. The van der Waals surface area contributed by atoms with Gasteiger partial charge in [-0.25, -0.2) is 23.2 Å². The normalized spacial score (nSPS) is 11.4. The van der Waals surface area contributed by atoms with Gasteiger partial charge in [-0.15, -0.1) is 11.3 Å². The molecule has 0 bridgehead atoms. The summed E-state index contributed by atoms with van der Waals surface area (Å²) in [4.78, 5) is 24.5. The number of nitrogens with one attached hydrogen (secondary N) is 3. The van der Waals surface area contributed by atoms with Crippen molar-refractivity contribution >= 4 is 61.3 Å². The summed E-state index contributed by atoms with van der Waals surface area (Å²) in [5, 5.41) is 4.50. The lowest BCUT2D eigenvalue weighted by atomic mass is 10.3. The third-order valence-corrected chi connectivity index (χ3v) is 7.05. The van der Waals surface area contributed by atoms with Crippen molar-refractivity contribution in [3.63, 3.8) is 0 Å². The lowest BCUT2D eigenvalue weighted by Crippen LogP contribution is -2.12. The van der Waals surface area contributed by atoms with E-state index in [-0.39, 0.29) is 4.90 Å². The van der Waals surface area contributed by atoms with Crippen molar-refractivity contribution in [2.24, 2.45) is 0 Å². The van der Waals surface area contributed by atoms with E-state index in [2.05, 4.69) is 29.7 Å². The first-order valence-electron chi connectivity index (χ1n) is 8.48. The fourth-order valence-corrected chi connectivity index (χ4v) is 5.18. The van der Waals surface area contributed by atoms with E-state index in [1.165, 1.54) is 36.4 Å². The van der Waals surface area contributed by atoms with E-state index in [4.69, 9.17) is 0 Å². The third kappa shape index (κ3) is 4.56. The van der Waals surface area contributed by atoms with Gasteiger partial charge in [-0.2, -0.15) is 0 Å². The lowest BCUT2D eigenvalue weighted by molar-refractivity contribution is 0.186. The number of imidazole rings is 1. The molecule has 154 valence electrons. The summed E-state index contributed by atoms with van der Waals surface area (Å²) in [5.74, 6) is 0.293. The van der Waals surface area contributed by atoms with Gasteiger partial charge in [-0.05, 0) is 42.5 Å². The molecule has 12 heteroatoms. The standard InChI is InChI=1S/C18H15N5O4S3/c1-27-18(24)22-16-20-14-7-4-12(10-15(14)21-16)29-11-2-5-13(6-3-11)30(25,26)23-17-19-8-9-28-17/h2-10H,1H3,(H,19,23)(H2,20,21,22,24). The van der Waals surface area contributed by atoms with E-state index in [9.17, 15) is 13.2 Å². The summed E-state index contributed by atoms with van der Waals surface area (Å²) in [6, 6.07) is 12.2. The van der Waals surface area contributed by atoms with Gasteiger partial charge in [0.15, 0.2) is 5.13 Å². The number of hydrogen-bond donors (Lipinski definition) is 3. The molecule has 4 rings (SSSR count). The number of hydrogen-bond acceptors (Lipinski definition) is 8. The van der Waals surface area contributed by atoms with Crippen LogP contribution in [0.2, 0.25) is 0 Å². The van der Waals surface area contributed by atoms with E-state index in [1.54, 1.807) is 29.6 Å². The second-order valence-corrected chi connectivity index (χ2v) is 9.62. The number of thiazole rings is 1. The Morgan fingerprint density at radius 3 is 2.63 bits per heavy atom. The Labute approximate surface area is 180 Å². The molecule has 0 aliphatic heterocycles. The Kier molecular flexibility index (Phi) is 5.61. The van der Waals surface area contributed by atoms with E-state index < -0.39 is 16.1 Å². The fourth-order valence-electron chi connectivity index (χ4n) is 2.53. The number of H-pyrrole nitrogens is 1. The maximum Gasteiger partial charge on any atom is 0.413 e. The van der Waals surface area contributed by atoms with Crippen LogP contribution in [0.5, 0.6) is 0 Å². The fraction of sp³-hybridized carbons (Fsp3) is 0.0556. The Morgan fingerprint density at radius 1 is 1.17 bits per heavy atom. The van der Waals surface area contributed by atoms with Crippen LogP contribution in [0.4, 0.5) is 15.9 Å². The minimum absolute atomic E-state index is 0.157. The molecule has 0 atom stereocenters. The lowest BCUT2D eigenvalue weighted by Gasteiger charge is -2.06. The van der Waals surface area contributed by atoms with Gasteiger partial charge in [0.25, 0.3) is 10.0 Å². The van der Waals surface area contributed by atoms with E-state index in [1.807, 2.05) is 18.2 Å². The first-order chi connectivity index (χ1) is 14.4. The summed E-state index contributed by atoms with van der Waals surface area (Å²) in [6.07, 6.45) is 0.927. The Balaban J connectivity index is 1.48. The monoisotopic (exact) mass is 461 g/mol. The highest BCUT2D eigenvalue weighted by atomic mass is 32.2. The molecule has 3 N–H and O–H groups in total. The van der Waals surface area contributed by atoms with Crippen LogP contribution in [-0.4, -0.2) is 36.6 Å². The molecule has 0 saturated carbocycles. The van der Waals surface area contributed by atoms with Gasteiger partial charge in [-0.3, -0.25) is 10.0 Å². The number of fused-ring (bicyclic) bond motifs is 1. The predicted octanol–water partition coefficient (Wildman–Crippen LogP) is 4.15. The summed E-state index contributed by atoms with van der Waals surface area (Å²) in [7, 11) is -2.40. The highest BCUT2D eigenvalue weighted by molar-refractivity contribution is 7.99. The number of aromatic nitrogens is 3. The number of amides is 1. The Hall–Kier alpha value is -3.09. The number of rotatable bonds is 6. The van der Waals surface area contributed by atoms with Crippen molar-refractivity contribution in [2.45, 2.75) is 14.7 Å². The first kappa shape index (κ1) is 20.2. The molecule has 0 fully saturated rings. The maximum absolute atomic E-state index is 12.4. The summed E-state index contributed by atoms with van der Waals surface area (Å²) in [5.41, 5.74) is 1.44. The maximum atomic E-state index is 12.4. The molecule has 9 nitrogen and oxygen atoms in total. The average molecular weight is 462 g/mol. The molecule has 0 radical (unpaired) electrons. The molecule has 0 aliphatic rings. The molecule has 2 aromatic heterocycles. The van der Waals surface area contributed by atoms with Crippen LogP contribution in [-0.2, 0) is 14.8 Å². The van der Waals surface area contributed by atoms with Gasteiger partial charge in [0.1, 0.15) is 0 Å². The number of aromatic amines is 1. The first-order valence-corrected chi connectivity index (χ1v) is 11.7. The van der Waals surface area contributed by atoms with Crippen LogP contribution < -0.4 is 10.0 Å². The zero-order chi connectivity index (χ0) is 21.1. The molecule has 2 aromatic carbocycles. The number of carbonyl (C=O) groups is 1. The minimum Gasteiger partial charge on any atom is -0.453 e. The minimum atomic E-state index is -3.68. The molecule has 1 amide bonds. The van der Waals surface area contributed by atoms with Gasteiger partial charge in [0, 0.05) is 21.4 Å². The summed E-state index contributed by atoms with van der Waals surface area (Å²) >= 11 is 2.68. The van der Waals surface area contributed by atoms with Crippen LogP contribution in [0.1, 0.15) is 0 Å². The van der Waals surface area contributed by atoms with Crippen molar-refractivity contribution in [3.05, 3.63) is 54.0 Å². The molecule has 0 unspecified atom stereocenters. The molecule has 2 heterocycles. The molecule has 30 heavy (non-hydrogen) atoms. The van der Waals surface area contributed by atoms with E-state index in [0.29, 0.717) is 16.6 Å². The molecular weight excluding hydrogens is 446 g/mol. The van der Waals surface area contributed by atoms with Gasteiger partial charge in [0.2, 0.25) is 5.95 Å². The van der Waals surface area contributed by atoms with Gasteiger partial charge < -0.3 is 9.72 Å². The van der Waals surface area contributed by atoms with Crippen molar-refractivity contribution in [1.29, 1.82) is 0 Å². The van der Waals surface area contributed by atoms with Crippen molar-refractivity contribution in [2.75, 3.05) is 17.1 Å². The number of benzene rings is 2. The molecular formula is C18H15N5O4S3. The van der Waals surface area contributed by atoms with Crippen LogP contribution >= 0.6 is 23.1 Å².